The summed E-state index contributed by atoms with van der Waals surface area (Å²) < 4.78 is 29.6. The number of aliphatic hydroxyl groups excluding tert-OH is 6. The van der Waals surface area contributed by atoms with Crippen molar-refractivity contribution in [1.82, 2.24) is 30.0 Å². The topological polar surface area (TPSA) is 283 Å². The molecule has 20 nitrogen and oxygen atoms in total. The first-order valence-corrected chi connectivity index (χ1v) is 22.2. The predicted octanol–water partition coefficient (Wildman–Crippen LogP) is 2.26. The van der Waals surface area contributed by atoms with Gasteiger partial charge in [-0.15, -0.1) is 10.2 Å². The van der Waals surface area contributed by atoms with Gasteiger partial charge in [-0.2, -0.15) is 0 Å². The highest BCUT2D eigenvalue weighted by atomic mass is 16.7. The van der Waals surface area contributed by atoms with Gasteiger partial charge >= 0.3 is 5.97 Å². The first kappa shape index (κ1) is 48.2. The van der Waals surface area contributed by atoms with Crippen molar-refractivity contribution in [2.24, 2.45) is 0 Å². The fourth-order valence-electron chi connectivity index (χ4n) is 9.22. The molecule has 354 valence electrons. The number of fused-ring (bicyclic) bond motifs is 3. The molecule has 3 aliphatic rings. The second-order valence-corrected chi connectivity index (χ2v) is 17.3. The number of aliphatic carboxylic acids is 1. The summed E-state index contributed by atoms with van der Waals surface area (Å²) >= 11 is 0. The van der Waals surface area contributed by atoms with Gasteiger partial charge in [-0.3, -0.25) is 4.79 Å². The lowest BCUT2D eigenvalue weighted by atomic mass is 9.70. The molecule has 0 spiro atoms. The molecule has 20 heteroatoms. The number of rotatable bonds is 23. The molecule has 0 amide bonds. The summed E-state index contributed by atoms with van der Waals surface area (Å²) in [5.41, 5.74) is 8.74. The largest absolute Gasteiger partial charge is 0.479 e. The van der Waals surface area contributed by atoms with Crippen LogP contribution in [0.25, 0.3) is 11.1 Å². The van der Waals surface area contributed by atoms with Gasteiger partial charge in [0.05, 0.1) is 25.6 Å². The summed E-state index contributed by atoms with van der Waals surface area (Å²) in [6.45, 7) is 5.72. The molecular weight excluding hydrogens is 849 g/mol. The minimum Gasteiger partial charge on any atom is -0.479 e. The highest BCUT2D eigenvalue weighted by Gasteiger charge is 2.49. The molecule has 7 rings (SSSR count). The van der Waals surface area contributed by atoms with E-state index >= 15 is 0 Å². The zero-order chi connectivity index (χ0) is 46.3. The number of aliphatic hydroxyl groups is 6. The van der Waals surface area contributed by atoms with Gasteiger partial charge in [0, 0.05) is 18.6 Å². The number of nitrogens with zero attached hydrogens (tertiary/aromatic N) is 6. The minimum absolute atomic E-state index is 0.0875. The molecule has 4 heterocycles. The van der Waals surface area contributed by atoms with Gasteiger partial charge < -0.3 is 59.4 Å². The van der Waals surface area contributed by atoms with Crippen LogP contribution in [0, 0.1) is 13.8 Å². The van der Waals surface area contributed by atoms with Crippen LogP contribution in [0.1, 0.15) is 110 Å². The Morgan fingerprint density at radius 3 is 1.63 bits per heavy atom. The molecule has 2 fully saturated rings. The number of unbranched alkanes of at least 4 members (excludes halogenated alkanes) is 6. The maximum Gasteiger partial charge on any atom is 0.335 e. The molecule has 0 radical (unpaired) electrons. The van der Waals surface area contributed by atoms with Crippen molar-refractivity contribution < 1.29 is 69.0 Å². The second-order valence-electron chi connectivity index (χ2n) is 17.3. The fourth-order valence-corrected chi connectivity index (χ4v) is 9.22. The first-order chi connectivity index (χ1) is 31.3. The molecule has 7 N–H and O–H groups in total. The van der Waals surface area contributed by atoms with E-state index in [4.69, 9.17) is 23.7 Å². The van der Waals surface area contributed by atoms with Crippen molar-refractivity contribution in [3.63, 3.8) is 0 Å². The lowest BCUT2D eigenvalue weighted by Gasteiger charge is -2.38. The van der Waals surface area contributed by atoms with Gasteiger partial charge in [0.25, 0.3) is 6.47 Å². The van der Waals surface area contributed by atoms with Gasteiger partial charge in [0.1, 0.15) is 48.0 Å². The van der Waals surface area contributed by atoms with Crippen molar-refractivity contribution >= 4 is 12.4 Å². The predicted molar refractivity (Wildman–Crippen MR) is 226 cm³/mol. The molecule has 1 aliphatic carbocycles. The standard InChI is InChI=1S/C45H60N6O14/c1-26-11-13-30-31-14-12-27(2)20-33(31)45(32(30)19-26,15-7-3-5-9-17-61-23-28-21-50(48-46-28)41-37(56)34(53)36(55)40(64-41)43(59)60)16-8-4-6-10-18-62-24-29-22-51(49-47-29)42-38(57)35(54)39(58)44(65-42)63-25-52/h11-14,19-22,25,34-42,44,53-58H,3-10,15-18,23-24H2,1-2H3,(H,59,60). The average molecular weight is 909 g/mol. The number of carboxylic acids is 1. The van der Waals surface area contributed by atoms with Gasteiger partial charge in [-0.1, -0.05) is 96.5 Å². The highest BCUT2D eigenvalue weighted by molar-refractivity contribution is 5.81. The number of ether oxygens (including phenoxy) is 5. The molecule has 0 bridgehead atoms. The molecular formula is C45H60N6O14. The van der Waals surface area contributed by atoms with E-state index in [9.17, 15) is 45.3 Å². The van der Waals surface area contributed by atoms with Gasteiger partial charge in [-0.05, 0) is 61.8 Å². The second kappa shape index (κ2) is 21.7. The van der Waals surface area contributed by atoms with Crippen LogP contribution >= 0.6 is 0 Å². The van der Waals surface area contributed by atoms with E-state index in [-0.39, 0.29) is 25.1 Å². The number of carbonyl (C=O) groups is 2. The highest BCUT2D eigenvalue weighted by Crippen LogP contribution is 2.54. The number of carboxylic acid groups (broad SMARTS) is 1. The van der Waals surface area contributed by atoms with Crippen LogP contribution in [-0.4, -0.2) is 140 Å². The third-order valence-electron chi connectivity index (χ3n) is 12.7. The molecule has 10 unspecified atom stereocenters. The van der Waals surface area contributed by atoms with E-state index in [1.165, 1.54) is 50.5 Å². The lowest BCUT2D eigenvalue weighted by molar-refractivity contribution is -0.304. The monoisotopic (exact) mass is 908 g/mol. The summed E-state index contributed by atoms with van der Waals surface area (Å²) in [5.74, 6) is -1.47. The number of aromatic nitrogens is 6. The Bertz CT molecular complexity index is 2150. The third-order valence-corrected chi connectivity index (χ3v) is 12.7. The van der Waals surface area contributed by atoms with Gasteiger partial charge in [0.15, 0.2) is 18.6 Å². The number of aryl methyl sites for hydroxylation is 2. The Morgan fingerprint density at radius 2 is 1.14 bits per heavy atom. The maximum absolute atomic E-state index is 11.5. The van der Waals surface area contributed by atoms with Crippen molar-refractivity contribution in [2.75, 3.05) is 13.2 Å². The number of benzene rings is 2. The van der Waals surface area contributed by atoms with E-state index in [0.717, 1.165) is 68.9 Å². The molecule has 2 aliphatic heterocycles. The molecule has 10 atom stereocenters. The lowest BCUT2D eigenvalue weighted by Crippen LogP contribution is -2.57. The Balaban J connectivity index is 0.865. The summed E-state index contributed by atoms with van der Waals surface area (Å²) in [4.78, 5) is 22.3. The Labute approximate surface area is 375 Å². The van der Waals surface area contributed by atoms with Crippen LogP contribution in [0.3, 0.4) is 0 Å². The zero-order valence-electron chi connectivity index (χ0n) is 36.5. The van der Waals surface area contributed by atoms with Crippen LogP contribution < -0.4 is 0 Å². The Morgan fingerprint density at radius 1 is 0.662 bits per heavy atom. The Hall–Kier alpha value is -4.74. The van der Waals surface area contributed by atoms with E-state index in [1.807, 2.05) is 0 Å². The van der Waals surface area contributed by atoms with Gasteiger partial charge in [-0.25, -0.2) is 14.2 Å². The number of hydrogen-bond acceptors (Lipinski definition) is 17. The van der Waals surface area contributed by atoms with E-state index in [2.05, 4.69) is 70.9 Å². The summed E-state index contributed by atoms with van der Waals surface area (Å²) in [6, 6.07) is 13.7. The van der Waals surface area contributed by atoms with E-state index < -0.39 is 67.4 Å². The normalized spacial score (nSPS) is 27.0. The fraction of sp³-hybridized carbons (Fsp3) is 0.600. The summed E-state index contributed by atoms with van der Waals surface area (Å²) in [7, 11) is 0. The number of hydrogen-bond donors (Lipinski definition) is 7. The van der Waals surface area contributed by atoms with Gasteiger partial charge in [0.2, 0.25) is 6.29 Å². The third kappa shape index (κ3) is 10.8. The smallest absolute Gasteiger partial charge is 0.335 e. The average Bonchev–Trinajstić information content (AvgIpc) is 4.02. The SMILES string of the molecule is Cc1ccc2c(c1)C(CCCCCCOCc1cn(C3OC(OC=O)C(O)C(O)C3O)nn1)(CCCCCCOCc1cn(C3OC(C(=O)O)C(O)C(O)C3O)nn1)c1cc(C)ccc1-2. The molecule has 65 heavy (non-hydrogen) atoms. The molecule has 2 aromatic carbocycles. The molecule has 0 saturated carbocycles. The zero-order valence-corrected chi connectivity index (χ0v) is 36.5. The van der Waals surface area contributed by atoms with E-state index in [0.29, 0.717) is 24.6 Å². The van der Waals surface area contributed by atoms with E-state index in [1.54, 1.807) is 0 Å². The number of carbonyl (C=O) groups excluding carboxylic acids is 1. The molecule has 2 aromatic heterocycles. The van der Waals surface area contributed by atoms with Crippen molar-refractivity contribution in [1.29, 1.82) is 0 Å². The van der Waals surface area contributed by atoms with Crippen molar-refractivity contribution in [3.05, 3.63) is 82.4 Å². The quantitative estimate of drug-likeness (QED) is 0.0415. The van der Waals surface area contributed by atoms with Crippen LogP contribution in [0.2, 0.25) is 0 Å². The van der Waals surface area contributed by atoms with Crippen molar-refractivity contribution in [2.45, 2.75) is 158 Å². The summed E-state index contributed by atoms with van der Waals surface area (Å²) in [6.07, 6.45) is -2.95. The van der Waals surface area contributed by atoms with Crippen molar-refractivity contribution in [3.8, 4) is 11.1 Å². The molecule has 4 aromatic rings. The Kier molecular flexibility index (Phi) is 16.1. The van der Waals surface area contributed by atoms with Crippen LogP contribution in [-0.2, 0) is 51.9 Å². The van der Waals surface area contributed by atoms with Crippen LogP contribution in [0.5, 0.6) is 0 Å². The first-order valence-electron chi connectivity index (χ1n) is 22.2. The van der Waals surface area contributed by atoms with Crippen LogP contribution in [0.4, 0.5) is 0 Å². The minimum atomic E-state index is -1.80. The summed E-state index contributed by atoms with van der Waals surface area (Å²) in [5, 5.41) is 86.5. The molecule has 2 saturated heterocycles. The maximum atomic E-state index is 11.5. The van der Waals surface area contributed by atoms with Crippen LogP contribution in [0.15, 0.2) is 48.8 Å².